The van der Waals surface area contributed by atoms with Crippen LogP contribution in [0.1, 0.15) is 56.6 Å². The molecule has 1 aromatic carbocycles. The van der Waals surface area contributed by atoms with Crippen molar-refractivity contribution < 1.29 is 34.4 Å². The molecule has 0 aliphatic heterocycles. The van der Waals surface area contributed by atoms with Crippen molar-refractivity contribution in [2.45, 2.75) is 20.0 Å². The third kappa shape index (κ3) is 3.70. The standard InChI is InChI=1S/C15H16O7/c1-7(2)6-22-8(3)11-9(13(16)17)4-5-10(14(18)19)12(11)15(20)21/h4-5,8H,1,6H2,2-3H3,(H,16,17)(H,18,19)(H,20,21). The summed E-state index contributed by atoms with van der Waals surface area (Å²) >= 11 is 0. The van der Waals surface area contributed by atoms with Gasteiger partial charge in [-0.2, -0.15) is 0 Å². The Labute approximate surface area is 126 Å². The first-order valence-corrected chi connectivity index (χ1v) is 6.29. The Balaban J connectivity index is 3.56. The number of benzene rings is 1. The number of hydrogen-bond acceptors (Lipinski definition) is 4. The van der Waals surface area contributed by atoms with Crippen LogP contribution >= 0.6 is 0 Å². The number of hydrogen-bond donors (Lipinski definition) is 3. The van der Waals surface area contributed by atoms with Gasteiger partial charge in [0.25, 0.3) is 0 Å². The molecule has 0 amide bonds. The van der Waals surface area contributed by atoms with Crippen molar-refractivity contribution in [2.75, 3.05) is 6.61 Å². The van der Waals surface area contributed by atoms with Crippen LogP contribution in [0.2, 0.25) is 0 Å². The summed E-state index contributed by atoms with van der Waals surface area (Å²) in [6.45, 7) is 6.88. The maximum Gasteiger partial charge on any atom is 0.336 e. The van der Waals surface area contributed by atoms with Crippen molar-refractivity contribution in [3.8, 4) is 0 Å². The first-order chi connectivity index (χ1) is 10.2. The van der Waals surface area contributed by atoms with Gasteiger partial charge in [0.1, 0.15) is 0 Å². The monoisotopic (exact) mass is 308 g/mol. The average molecular weight is 308 g/mol. The molecular weight excluding hydrogens is 292 g/mol. The van der Waals surface area contributed by atoms with Crippen molar-refractivity contribution in [3.63, 3.8) is 0 Å². The molecule has 0 saturated carbocycles. The minimum absolute atomic E-state index is 0.0938. The maximum atomic E-state index is 11.4. The van der Waals surface area contributed by atoms with Gasteiger partial charge in [0.2, 0.25) is 0 Å². The summed E-state index contributed by atoms with van der Waals surface area (Å²) in [5.74, 6) is -4.34. The van der Waals surface area contributed by atoms with Crippen molar-refractivity contribution >= 4 is 17.9 Å². The predicted octanol–water partition coefficient (Wildman–Crippen LogP) is 2.43. The van der Waals surface area contributed by atoms with E-state index in [4.69, 9.17) is 9.84 Å². The molecule has 0 radical (unpaired) electrons. The van der Waals surface area contributed by atoms with E-state index in [0.29, 0.717) is 5.57 Å². The number of ether oxygens (including phenoxy) is 1. The Hall–Kier alpha value is -2.67. The minimum atomic E-state index is -1.53. The van der Waals surface area contributed by atoms with E-state index in [1.54, 1.807) is 6.92 Å². The highest BCUT2D eigenvalue weighted by molar-refractivity contribution is 6.05. The van der Waals surface area contributed by atoms with Gasteiger partial charge in [-0.25, -0.2) is 14.4 Å². The van der Waals surface area contributed by atoms with Gasteiger partial charge >= 0.3 is 17.9 Å². The van der Waals surface area contributed by atoms with E-state index in [1.807, 2.05) is 0 Å². The summed E-state index contributed by atoms with van der Waals surface area (Å²) < 4.78 is 5.39. The molecule has 1 aromatic rings. The second-order valence-electron chi connectivity index (χ2n) is 4.78. The van der Waals surface area contributed by atoms with E-state index in [0.717, 1.165) is 12.1 Å². The lowest BCUT2D eigenvalue weighted by atomic mass is 9.92. The Morgan fingerprint density at radius 1 is 1.09 bits per heavy atom. The molecule has 0 bridgehead atoms. The molecule has 0 aliphatic rings. The summed E-state index contributed by atoms with van der Waals surface area (Å²) in [5, 5.41) is 27.6. The highest BCUT2D eigenvalue weighted by Gasteiger charge is 2.28. The minimum Gasteiger partial charge on any atom is -0.478 e. The van der Waals surface area contributed by atoms with Crippen LogP contribution in [0.25, 0.3) is 0 Å². The van der Waals surface area contributed by atoms with Crippen LogP contribution < -0.4 is 0 Å². The van der Waals surface area contributed by atoms with Gasteiger partial charge < -0.3 is 20.1 Å². The third-order valence-corrected chi connectivity index (χ3v) is 2.91. The molecule has 0 aromatic heterocycles. The number of rotatable bonds is 7. The molecule has 1 rings (SSSR count). The summed E-state index contributed by atoms with van der Waals surface area (Å²) in [5.41, 5.74) is -0.896. The molecule has 0 aliphatic carbocycles. The fourth-order valence-corrected chi connectivity index (χ4v) is 1.99. The van der Waals surface area contributed by atoms with Gasteiger partial charge in [0.05, 0.1) is 29.4 Å². The molecule has 0 spiro atoms. The molecule has 3 N–H and O–H groups in total. The fraction of sp³-hybridized carbons (Fsp3) is 0.267. The Bertz CT molecular complexity index is 646. The molecule has 1 atom stereocenters. The SMILES string of the molecule is C=C(C)COC(C)c1c(C(=O)O)ccc(C(=O)O)c1C(=O)O. The second-order valence-corrected chi connectivity index (χ2v) is 4.78. The fourth-order valence-electron chi connectivity index (χ4n) is 1.99. The van der Waals surface area contributed by atoms with Crippen molar-refractivity contribution in [3.05, 3.63) is 46.5 Å². The van der Waals surface area contributed by atoms with Crippen LogP contribution in [-0.2, 0) is 4.74 Å². The molecule has 0 fully saturated rings. The third-order valence-electron chi connectivity index (χ3n) is 2.91. The normalized spacial score (nSPS) is 11.7. The average Bonchev–Trinajstić information content (AvgIpc) is 2.42. The van der Waals surface area contributed by atoms with Gasteiger partial charge in [0.15, 0.2) is 0 Å². The predicted molar refractivity (Wildman–Crippen MR) is 76.5 cm³/mol. The first kappa shape index (κ1) is 17.4. The number of aromatic carboxylic acids is 3. The zero-order valence-electron chi connectivity index (χ0n) is 12.1. The lowest BCUT2D eigenvalue weighted by molar-refractivity contribution is 0.0608. The largest absolute Gasteiger partial charge is 0.478 e. The molecule has 22 heavy (non-hydrogen) atoms. The lowest BCUT2D eigenvalue weighted by Gasteiger charge is -2.19. The summed E-state index contributed by atoms with van der Waals surface area (Å²) in [4.78, 5) is 33.9. The molecule has 7 nitrogen and oxygen atoms in total. The van der Waals surface area contributed by atoms with Crippen LogP contribution in [0, 0.1) is 0 Å². The number of carboxylic acid groups (broad SMARTS) is 3. The van der Waals surface area contributed by atoms with E-state index in [2.05, 4.69) is 6.58 Å². The number of carbonyl (C=O) groups is 3. The summed E-state index contributed by atoms with van der Waals surface area (Å²) in [6, 6.07) is 2.03. The topological polar surface area (TPSA) is 121 Å². The highest BCUT2D eigenvalue weighted by Crippen LogP contribution is 2.29. The molecule has 118 valence electrons. The zero-order chi connectivity index (χ0) is 17.0. The highest BCUT2D eigenvalue weighted by atomic mass is 16.5. The number of carboxylic acids is 3. The molecule has 7 heteroatoms. The van der Waals surface area contributed by atoms with E-state index in [9.17, 15) is 24.6 Å². The van der Waals surface area contributed by atoms with Crippen LogP contribution in [0.3, 0.4) is 0 Å². The molecular formula is C15H16O7. The van der Waals surface area contributed by atoms with Gasteiger partial charge in [-0.05, 0) is 26.0 Å². The van der Waals surface area contributed by atoms with Crippen LogP contribution in [-0.4, -0.2) is 39.8 Å². The van der Waals surface area contributed by atoms with E-state index < -0.39 is 35.1 Å². The quantitative estimate of drug-likeness (QED) is 0.661. The van der Waals surface area contributed by atoms with Crippen molar-refractivity contribution in [1.29, 1.82) is 0 Å². The van der Waals surface area contributed by atoms with Crippen LogP contribution in [0.4, 0.5) is 0 Å². The van der Waals surface area contributed by atoms with Gasteiger partial charge in [-0.15, -0.1) is 0 Å². The van der Waals surface area contributed by atoms with E-state index in [1.165, 1.54) is 6.92 Å². The molecule has 1 unspecified atom stereocenters. The van der Waals surface area contributed by atoms with Crippen LogP contribution in [0.15, 0.2) is 24.3 Å². The van der Waals surface area contributed by atoms with E-state index in [-0.39, 0.29) is 17.7 Å². The maximum absolute atomic E-state index is 11.4. The Kier molecular flexibility index (Phi) is 5.42. The van der Waals surface area contributed by atoms with Gasteiger partial charge in [0, 0.05) is 5.56 Å². The summed E-state index contributed by atoms with van der Waals surface area (Å²) in [6.07, 6.45) is -0.923. The van der Waals surface area contributed by atoms with Crippen LogP contribution in [0.5, 0.6) is 0 Å². The van der Waals surface area contributed by atoms with Crippen molar-refractivity contribution in [2.24, 2.45) is 0 Å². The zero-order valence-corrected chi connectivity index (χ0v) is 12.1. The van der Waals surface area contributed by atoms with Crippen molar-refractivity contribution in [1.82, 2.24) is 0 Å². The Morgan fingerprint density at radius 2 is 1.59 bits per heavy atom. The molecule has 0 heterocycles. The molecule has 0 saturated heterocycles. The Morgan fingerprint density at radius 3 is 2.00 bits per heavy atom. The second kappa shape index (κ2) is 6.86. The lowest BCUT2D eigenvalue weighted by Crippen LogP contribution is -2.19. The van der Waals surface area contributed by atoms with E-state index >= 15 is 0 Å². The summed E-state index contributed by atoms with van der Waals surface area (Å²) in [7, 11) is 0. The first-order valence-electron chi connectivity index (χ1n) is 6.29. The van der Waals surface area contributed by atoms with Gasteiger partial charge in [-0.3, -0.25) is 0 Å². The van der Waals surface area contributed by atoms with Gasteiger partial charge in [-0.1, -0.05) is 12.2 Å². The smallest absolute Gasteiger partial charge is 0.336 e.